The van der Waals surface area contributed by atoms with Crippen molar-refractivity contribution in [3.05, 3.63) is 59.3 Å². The number of fused-ring (bicyclic) bond motifs is 4. The average molecular weight is 493 g/mol. The third-order valence-corrected chi connectivity index (χ3v) is 6.97. The Morgan fingerprint density at radius 3 is 2.44 bits per heavy atom. The minimum absolute atomic E-state index is 0.0451. The molecule has 2 aromatic carbocycles. The van der Waals surface area contributed by atoms with Crippen molar-refractivity contribution in [1.29, 1.82) is 0 Å². The number of benzene rings is 2. The Morgan fingerprint density at radius 2 is 1.79 bits per heavy atom. The Hall–Kier alpha value is -3.41. The second-order valence-corrected chi connectivity index (χ2v) is 10.6. The van der Waals surface area contributed by atoms with E-state index in [-0.39, 0.29) is 39.2 Å². The van der Waals surface area contributed by atoms with Gasteiger partial charge in [0.05, 0.1) is 34.2 Å². The van der Waals surface area contributed by atoms with Gasteiger partial charge < -0.3 is 5.32 Å². The van der Waals surface area contributed by atoms with Crippen molar-refractivity contribution < 1.29 is 26.0 Å². The van der Waals surface area contributed by atoms with Gasteiger partial charge in [-0.05, 0) is 56.2 Å². The van der Waals surface area contributed by atoms with Crippen LogP contribution >= 0.6 is 0 Å². The summed E-state index contributed by atoms with van der Waals surface area (Å²) in [5.41, 5.74) is -2.15. The quantitative estimate of drug-likeness (QED) is 0.412. The molecule has 0 atom stereocenters. The molecule has 0 unspecified atom stereocenters. The van der Waals surface area contributed by atoms with Gasteiger partial charge in [0.2, 0.25) is 10.0 Å². The fraction of sp³-hybridized carbons (Fsp3) is 0.273. The second kappa shape index (κ2) is 7.05. The van der Waals surface area contributed by atoms with Crippen LogP contribution in [0.5, 0.6) is 0 Å². The number of hydrogen-bond acceptors (Lipinski definition) is 5. The molecule has 0 fully saturated rings. The Labute approximate surface area is 192 Å². The van der Waals surface area contributed by atoms with E-state index in [9.17, 15) is 21.6 Å². The zero-order valence-corrected chi connectivity index (χ0v) is 19.3. The third kappa shape index (κ3) is 3.11. The molecule has 3 heterocycles. The zero-order chi connectivity index (χ0) is 24.7. The van der Waals surface area contributed by atoms with Gasteiger partial charge in [-0.1, -0.05) is 0 Å². The standard InChI is InChI=1S/C22H19F4N5O2S/c1-10-28-29-21-22(2,3)27-18-15(24)9-14(17(20(25)26)19(18)31(10)21)13-7-11(23)8-16-12(13)5-6-30(16)34(4,32)33/h5-9,20,27H,1-4H3. The molecule has 178 valence electrons. The van der Waals surface area contributed by atoms with Gasteiger partial charge in [-0.15, -0.1) is 10.2 Å². The molecule has 0 saturated heterocycles. The van der Waals surface area contributed by atoms with Crippen LogP contribution in [0.25, 0.3) is 27.7 Å². The number of halogens is 4. The fourth-order valence-electron chi connectivity index (χ4n) is 4.55. The SMILES string of the molecule is Cc1nnc2n1-c1c(c(F)cc(-c3cc(F)cc4c3ccn4S(C)(=O)=O)c1C(F)F)NC2(C)C. The summed E-state index contributed by atoms with van der Waals surface area (Å²) >= 11 is 0. The lowest BCUT2D eigenvalue weighted by atomic mass is 9.91. The first-order valence-electron chi connectivity index (χ1n) is 10.2. The number of nitrogens with one attached hydrogen (secondary N) is 1. The van der Waals surface area contributed by atoms with E-state index in [1.807, 2.05) is 0 Å². The van der Waals surface area contributed by atoms with Crippen molar-refractivity contribution in [1.82, 2.24) is 18.7 Å². The van der Waals surface area contributed by atoms with Crippen molar-refractivity contribution in [2.45, 2.75) is 32.7 Å². The van der Waals surface area contributed by atoms with Crippen LogP contribution in [0.1, 0.15) is 37.5 Å². The molecule has 5 rings (SSSR count). The first-order chi connectivity index (χ1) is 15.8. The number of aromatic nitrogens is 4. The highest BCUT2D eigenvalue weighted by molar-refractivity contribution is 7.89. The molecule has 1 N–H and O–H groups in total. The zero-order valence-electron chi connectivity index (χ0n) is 18.5. The molecule has 0 bridgehead atoms. The first-order valence-corrected chi connectivity index (χ1v) is 12.0. The highest BCUT2D eigenvalue weighted by Gasteiger charge is 2.39. The van der Waals surface area contributed by atoms with Gasteiger partial charge in [0.25, 0.3) is 6.43 Å². The molecule has 1 aliphatic heterocycles. The van der Waals surface area contributed by atoms with Gasteiger partial charge in [-0.3, -0.25) is 4.57 Å². The Morgan fingerprint density at radius 1 is 1.09 bits per heavy atom. The van der Waals surface area contributed by atoms with Gasteiger partial charge in [0.15, 0.2) is 5.82 Å². The van der Waals surface area contributed by atoms with Crippen molar-refractivity contribution in [3.63, 3.8) is 0 Å². The van der Waals surface area contributed by atoms with Crippen LogP contribution in [0.3, 0.4) is 0 Å². The maximum absolute atomic E-state index is 15.5. The molecule has 0 amide bonds. The van der Waals surface area contributed by atoms with Crippen molar-refractivity contribution in [2.24, 2.45) is 0 Å². The van der Waals surface area contributed by atoms with Crippen LogP contribution in [0.4, 0.5) is 23.2 Å². The molecule has 4 aromatic rings. The fourth-order valence-corrected chi connectivity index (χ4v) is 5.34. The van der Waals surface area contributed by atoms with Crippen LogP contribution < -0.4 is 5.32 Å². The Balaban J connectivity index is 1.92. The normalized spacial score (nSPS) is 14.9. The smallest absolute Gasteiger partial charge is 0.266 e. The Kier molecular flexibility index (Phi) is 4.64. The lowest BCUT2D eigenvalue weighted by Gasteiger charge is -2.35. The van der Waals surface area contributed by atoms with E-state index in [1.54, 1.807) is 20.8 Å². The van der Waals surface area contributed by atoms with Crippen LogP contribution in [0.2, 0.25) is 0 Å². The summed E-state index contributed by atoms with van der Waals surface area (Å²) in [6.07, 6.45) is -0.951. The summed E-state index contributed by atoms with van der Waals surface area (Å²) in [6.45, 7) is 5.00. The lowest BCUT2D eigenvalue weighted by molar-refractivity contribution is 0.151. The van der Waals surface area contributed by atoms with Gasteiger partial charge in [-0.25, -0.2) is 30.0 Å². The van der Waals surface area contributed by atoms with Crippen molar-refractivity contribution >= 4 is 26.6 Å². The number of nitrogens with zero attached hydrogens (tertiary/aromatic N) is 4. The molecule has 0 saturated carbocycles. The summed E-state index contributed by atoms with van der Waals surface area (Å²) in [7, 11) is -3.80. The monoisotopic (exact) mass is 493 g/mol. The van der Waals surface area contributed by atoms with E-state index in [1.165, 1.54) is 16.8 Å². The van der Waals surface area contributed by atoms with Gasteiger partial charge in [-0.2, -0.15) is 0 Å². The van der Waals surface area contributed by atoms with Gasteiger partial charge in [0.1, 0.15) is 17.5 Å². The minimum atomic E-state index is -3.80. The summed E-state index contributed by atoms with van der Waals surface area (Å²) in [6, 6.07) is 4.26. The third-order valence-electron chi connectivity index (χ3n) is 5.94. The number of alkyl halides is 2. The molecule has 7 nitrogen and oxygen atoms in total. The van der Waals surface area contributed by atoms with E-state index in [4.69, 9.17) is 0 Å². The van der Waals surface area contributed by atoms with Crippen LogP contribution in [-0.2, 0) is 15.6 Å². The summed E-state index contributed by atoms with van der Waals surface area (Å²) in [4.78, 5) is 0. The second-order valence-electron chi connectivity index (χ2n) is 8.76. The Bertz CT molecular complexity index is 1610. The molecule has 0 spiro atoms. The highest BCUT2D eigenvalue weighted by atomic mass is 32.2. The van der Waals surface area contributed by atoms with Crippen LogP contribution in [-0.4, -0.2) is 33.4 Å². The lowest BCUT2D eigenvalue weighted by Crippen LogP contribution is -2.37. The predicted octanol–water partition coefficient (Wildman–Crippen LogP) is 4.88. The largest absolute Gasteiger partial charge is 0.369 e. The predicted molar refractivity (Wildman–Crippen MR) is 119 cm³/mol. The molecular formula is C22H19F4N5O2S. The topological polar surface area (TPSA) is 81.8 Å². The van der Waals surface area contributed by atoms with Crippen LogP contribution in [0, 0.1) is 18.6 Å². The molecule has 0 radical (unpaired) electrons. The molecule has 1 aliphatic rings. The number of aryl methyl sites for hydroxylation is 1. The van der Waals surface area contributed by atoms with Gasteiger partial charge >= 0.3 is 0 Å². The maximum atomic E-state index is 15.5. The van der Waals surface area contributed by atoms with Crippen molar-refractivity contribution in [3.8, 4) is 16.8 Å². The summed E-state index contributed by atoms with van der Waals surface area (Å²) < 4.78 is 85.9. The molecule has 34 heavy (non-hydrogen) atoms. The molecule has 12 heteroatoms. The summed E-state index contributed by atoms with van der Waals surface area (Å²) in [5.74, 6) is -1.11. The minimum Gasteiger partial charge on any atom is -0.369 e. The summed E-state index contributed by atoms with van der Waals surface area (Å²) in [5, 5.41) is 11.2. The highest BCUT2D eigenvalue weighted by Crippen LogP contribution is 2.47. The van der Waals surface area contributed by atoms with E-state index in [0.29, 0.717) is 5.82 Å². The first kappa shape index (κ1) is 22.4. The van der Waals surface area contributed by atoms with Crippen LogP contribution in [0.15, 0.2) is 30.5 Å². The number of rotatable bonds is 3. The number of hydrogen-bond donors (Lipinski definition) is 1. The maximum Gasteiger partial charge on any atom is 0.266 e. The van der Waals surface area contributed by atoms with E-state index in [0.717, 1.165) is 28.4 Å². The molecular weight excluding hydrogens is 474 g/mol. The van der Waals surface area contributed by atoms with Crippen molar-refractivity contribution in [2.75, 3.05) is 11.6 Å². The molecule has 2 aromatic heterocycles. The van der Waals surface area contributed by atoms with E-state index >= 15 is 4.39 Å². The van der Waals surface area contributed by atoms with E-state index in [2.05, 4.69) is 15.5 Å². The van der Waals surface area contributed by atoms with Gasteiger partial charge in [0, 0.05) is 11.6 Å². The average Bonchev–Trinajstić information content (AvgIpc) is 3.31. The van der Waals surface area contributed by atoms with E-state index < -0.39 is 39.2 Å². The number of anilines is 1. The molecule has 0 aliphatic carbocycles.